The Hall–Kier alpha value is -4.05. The number of amides is 2. The molecule has 0 saturated heterocycles. The molecule has 2 amide bonds. The van der Waals surface area contributed by atoms with Gasteiger partial charge in [-0.05, 0) is 61.4 Å². The zero-order chi connectivity index (χ0) is 32.7. The molecule has 0 spiro atoms. The number of aryl methyl sites for hydroxylation is 2. The molecule has 236 valence electrons. The average molecular weight is 669 g/mol. The summed E-state index contributed by atoms with van der Waals surface area (Å²) in [5, 5.41) is 3.27. The summed E-state index contributed by atoms with van der Waals surface area (Å²) in [7, 11) is -1.38. The predicted octanol–water partition coefficient (Wildman–Crippen LogP) is 6.20. The SMILES string of the molecule is CNC(=O)C(Cc1ccccc1)N(Cc1c(Cl)cccc1Cl)C(=O)CN(c1cc(C)ccc1OC)S(=O)(=O)c1ccc(C)cc1. The second kappa shape index (κ2) is 14.8. The average Bonchev–Trinajstić information content (AvgIpc) is 3.02. The molecule has 0 heterocycles. The van der Waals surface area contributed by atoms with Gasteiger partial charge in [0.2, 0.25) is 11.8 Å². The minimum absolute atomic E-state index is 0.00251. The predicted molar refractivity (Wildman–Crippen MR) is 178 cm³/mol. The van der Waals surface area contributed by atoms with Crippen molar-refractivity contribution in [1.29, 1.82) is 0 Å². The topological polar surface area (TPSA) is 96.0 Å². The highest BCUT2D eigenvalue weighted by Crippen LogP contribution is 2.34. The van der Waals surface area contributed by atoms with Crippen LogP contribution in [0, 0.1) is 13.8 Å². The van der Waals surface area contributed by atoms with Gasteiger partial charge in [0, 0.05) is 35.6 Å². The van der Waals surface area contributed by atoms with E-state index in [1.807, 2.05) is 44.2 Å². The molecule has 4 aromatic carbocycles. The lowest BCUT2D eigenvalue weighted by Gasteiger charge is -2.34. The van der Waals surface area contributed by atoms with Crippen LogP contribution in [0.5, 0.6) is 5.75 Å². The Morgan fingerprint density at radius 1 is 0.867 bits per heavy atom. The maximum absolute atomic E-state index is 14.5. The molecule has 1 unspecified atom stereocenters. The molecule has 0 bridgehead atoms. The molecule has 0 aromatic heterocycles. The van der Waals surface area contributed by atoms with Crippen LogP contribution in [0.25, 0.3) is 0 Å². The van der Waals surface area contributed by atoms with Gasteiger partial charge in [0.15, 0.2) is 0 Å². The number of halogens is 2. The number of anilines is 1. The molecule has 8 nitrogen and oxygen atoms in total. The maximum Gasteiger partial charge on any atom is 0.264 e. The molecule has 0 radical (unpaired) electrons. The standard InChI is InChI=1S/C34H35Cl2N3O5S/c1-23-13-16-26(17-14-23)45(42,43)39(30-19-24(2)15-18-32(30)44-4)22-33(40)38(21-27-28(35)11-8-12-29(27)36)31(34(41)37-3)20-25-9-6-5-7-10-25/h5-19,31H,20-22H2,1-4H3,(H,37,41). The van der Waals surface area contributed by atoms with Crippen molar-refractivity contribution in [3.05, 3.63) is 123 Å². The van der Waals surface area contributed by atoms with E-state index in [2.05, 4.69) is 5.32 Å². The highest BCUT2D eigenvalue weighted by molar-refractivity contribution is 7.92. The van der Waals surface area contributed by atoms with E-state index in [1.165, 1.54) is 31.2 Å². The number of sulfonamides is 1. The monoisotopic (exact) mass is 667 g/mol. The molecule has 1 atom stereocenters. The molecule has 4 aromatic rings. The summed E-state index contributed by atoms with van der Waals surface area (Å²) >= 11 is 13.1. The molecular weight excluding hydrogens is 633 g/mol. The lowest BCUT2D eigenvalue weighted by molar-refractivity contribution is -0.139. The van der Waals surface area contributed by atoms with Crippen molar-refractivity contribution in [3.63, 3.8) is 0 Å². The first kappa shape index (κ1) is 33.8. The molecule has 0 fully saturated rings. The van der Waals surface area contributed by atoms with Crippen LogP contribution >= 0.6 is 23.2 Å². The fourth-order valence-corrected chi connectivity index (χ4v) is 6.85. The van der Waals surface area contributed by atoms with Gasteiger partial charge >= 0.3 is 0 Å². The van der Waals surface area contributed by atoms with Gasteiger partial charge in [-0.25, -0.2) is 8.42 Å². The zero-order valence-electron chi connectivity index (χ0n) is 25.5. The van der Waals surface area contributed by atoms with E-state index >= 15 is 0 Å². The van der Waals surface area contributed by atoms with E-state index in [-0.39, 0.29) is 29.3 Å². The van der Waals surface area contributed by atoms with Gasteiger partial charge in [-0.1, -0.05) is 83.4 Å². The molecule has 11 heteroatoms. The highest BCUT2D eigenvalue weighted by Gasteiger charge is 2.36. The van der Waals surface area contributed by atoms with Crippen LogP contribution in [0.1, 0.15) is 22.3 Å². The van der Waals surface area contributed by atoms with Gasteiger partial charge in [-0.2, -0.15) is 0 Å². The van der Waals surface area contributed by atoms with Crippen molar-refractivity contribution in [2.75, 3.05) is 25.0 Å². The Morgan fingerprint density at radius 3 is 2.09 bits per heavy atom. The number of carbonyl (C=O) groups excluding carboxylic acids is 2. The van der Waals surface area contributed by atoms with E-state index in [0.29, 0.717) is 15.6 Å². The van der Waals surface area contributed by atoms with Gasteiger partial charge in [-0.15, -0.1) is 0 Å². The number of nitrogens with one attached hydrogen (secondary N) is 1. The Labute approximate surface area is 274 Å². The van der Waals surface area contributed by atoms with Crippen LogP contribution in [-0.2, 0) is 32.6 Å². The summed E-state index contributed by atoms with van der Waals surface area (Å²) in [4.78, 5) is 29.3. The molecule has 45 heavy (non-hydrogen) atoms. The van der Waals surface area contributed by atoms with Crippen molar-refractivity contribution < 1.29 is 22.7 Å². The highest BCUT2D eigenvalue weighted by atomic mass is 35.5. The van der Waals surface area contributed by atoms with Gasteiger partial charge < -0.3 is 15.0 Å². The van der Waals surface area contributed by atoms with Crippen LogP contribution < -0.4 is 14.4 Å². The van der Waals surface area contributed by atoms with Crippen molar-refractivity contribution in [2.45, 2.75) is 37.8 Å². The summed E-state index contributed by atoms with van der Waals surface area (Å²) in [5.41, 5.74) is 3.05. The van der Waals surface area contributed by atoms with Gasteiger partial charge in [-0.3, -0.25) is 13.9 Å². The molecule has 1 N–H and O–H groups in total. The second-order valence-corrected chi connectivity index (χ2v) is 13.2. The Balaban J connectivity index is 1.87. The van der Waals surface area contributed by atoms with E-state index < -0.39 is 34.4 Å². The lowest BCUT2D eigenvalue weighted by Crippen LogP contribution is -2.53. The van der Waals surface area contributed by atoms with E-state index in [1.54, 1.807) is 48.5 Å². The van der Waals surface area contributed by atoms with Crippen molar-refractivity contribution in [1.82, 2.24) is 10.2 Å². The number of likely N-dealkylation sites (N-methyl/N-ethyl adjacent to an activating group) is 1. The Bertz CT molecular complexity index is 1750. The number of methoxy groups -OCH3 is 1. The fraction of sp³-hybridized carbons (Fsp3) is 0.235. The smallest absolute Gasteiger partial charge is 0.264 e. The summed E-state index contributed by atoms with van der Waals surface area (Å²) in [6.07, 6.45) is 0.160. The minimum Gasteiger partial charge on any atom is -0.495 e. The number of ether oxygens (including phenoxy) is 1. The third-order valence-electron chi connectivity index (χ3n) is 7.40. The Kier molecular flexibility index (Phi) is 11.1. The van der Waals surface area contributed by atoms with Crippen LogP contribution in [0.2, 0.25) is 10.0 Å². The van der Waals surface area contributed by atoms with Crippen LogP contribution in [-0.4, -0.2) is 51.9 Å². The second-order valence-electron chi connectivity index (χ2n) is 10.5. The van der Waals surface area contributed by atoms with Crippen LogP contribution in [0.4, 0.5) is 5.69 Å². The Morgan fingerprint density at radius 2 is 1.49 bits per heavy atom. The molecule has 0 aliphatic carbocycles. The zero-order valence-corrected chi connectivity index (χ0v) is 27.8. The fourth-order valence-electron chi connectivity index (χ4n) is 4.92. The molecule has 4 rings (SSSR count). The largest absolute Gasteiger partial charge is 0.495 e. The summed E-state index contributed by atoms with van der Waals surface area (Å²) in [6, 6.07) is 24.6. The maximum atomic E-state index is 14.5. The van der Waals surface area contributed by atoms with Crippen molar-refractivity contribution in [2.24, 2.45) is 0 Å². The minimum atomic E-state index is -4.30. The van der Waals surface area contributed by atoms with Crippen molar-refractivity contribution in [3.8, 4) is 5.75 Å². The van der Waals surface area contributed by atoms with Gasteiger partial charge in [0.1, 0.15) is 18.3 Å². The molecular formula is C34H35Cl2N3O5S. The van der Waals surface area contributed by atoms with Crippen LogP contribution in [0.3, 0.4) is 0 Å². The first-order valence-electron chi connectivity index (χ1n) is 14.2. The quantitative estimate of drug-likeness (QED) is 0.194. The summed E-state index contributed by atoms with van der Waals surface area (Å²) in [5.74, 6) is -0.817. The molecule has 0 aliphatic rings. The molecule has 0 aliphatic heterocycles. The van der Waals surface area contributed by atoms with Gasteiger partial charge in [0.05, 0.1) is 17.7 Å². The summed E-state index contributed by atoms with van der Waals surface area (Å²) < 4.78 is 35.1. The number of benzene rings is 4. The summed E-state index contributed by atoms with van der Waals surface area (Å²) in [6.45, 7) is 2.88. The van der Waals surface area contributed by atoms with Crippen molar-refractivity contribution >= 4 is 50.7 Å². The first-order valence-corrected chi connectivity index (χ1v) is 16.4. The van der Waals surface area contributed by atoms with E-state index in [4.69, 9.17) is 27.9 Å². The number of nitrogens with zero attached hydrogens (tertiary/aromatic N) is 2. The van der Waals surface area contributed by atoms with E-state index in [0.717, 1.165) is 21.0 Å². The molecule has 0 saturated carbocycles. The lowest BCUT2D eigenvalue weighted by atomic mass is 10.0. The third-order valence-corrected chi connectivity index (χ3v) is 9.88. The number of hydrogen-bond acceptors (Lipinski definition) is 5. The number of hydrogen-bond donors (Lipinski definition) is 1. The number of rotatable bonds is 12. The number of carbonyl (C=O) groups is 2. The van der Waals surface area contributed by atoms with Gasteiger partial charge in [0.25, 0.3) is 10.0 Å². The van der Waals surface area contributed by atoms with E-state index in [9.17, 15) is 18.0 Å². The normalized spacial score (nSPS) is 11.9. The first-order chi connectivity index (χ1) is 21.5. The van der Waals surface area contributed by atoms with Crippen LogP contribution in [0.15, 0.2) is 95.9 Å². The third kappa shape index (κ3) is 7.97.